The second-order valence-electron chi connectivity index (χ2n) is 6.79. The molecule has 0 amide bonds. The Kier molecular flexibility index (Phi) is 5.56. The lowest BCUT2D eigenvalue weighted by atomic mass is 10.0. The molecule has 4 rings (SSSR count). The minimum absolute atomic E-state index is 0.0298. The molecule has 0 aliphatic carbocycles. The van der Waals surface area contributed by atoms with Gasteiger partial charge in [-0.05, 0) is 31.4 Å². The van der Waals surface area contributed by atoms with Crippen LogP contribution in [0.4, 0.5) is 0 Å². The van der Waals surface area contributed by atoms with Gasteiger partial charge in [-0.25, -0.2) is 0 Å². The van der Waals surface area contributed by atoms with Crippen molar-refractivity contribution >= 4 is 21.4 Å². The molecule has 0 radical (unpaired) electrons. The molecule has 3 aromatic rings. The molecule has 1 aliphatic rings. The molecule has 1 aliphatic heterocycles. The molecule has 2 aromatic carbocycles. The van der Waals surface area contributed by atoms with E-state index in [0.717, 1.165) is 18.4 Å². The third-order valence-corrected chi connectivity index (χ3v) is 6.11. The molecule has 0 saturated carbocycles. The molecule has 27 heavy (non-hydrogen) atoms. The highest BCUT2D eigenvalue weighted by atomic mass is 32.1. The van der Waals surface area contributed by atoms with Crippen molar-refractivity contribution in [1.29, 1.82) is 0 Å². The van der Waals surface area contributed by atoms with Gasteiger partial charge in [-0.1, -0.05) is 60.4 Å². The molecule has 138 valence electrons. The summed E-state index contributed by atoms with van der Waals surface area (Å²) in [5.74, 6) is 6.54. The number of benzene rings is 2. The fourth-order valence-electron chi connectivity index (χ4n) is 3.32. The standard InChI is InChI=1S/C23H23NO2S/c1-16-20(24)13-14-22(26-16)25-15-7-11-19-18-10-5-6-12-21(18)27-23(19)17-8-3-2-4-9-17/h2-6,8-10,12,16,20,22H,13-15,24H2,1H3/t16-,20+,22+/m0/s1. The molecule has 0 spiro atoms. The number of nitrogens with two attached hydrogens (primary N) is 1. The summed E-state index contributed by atoms with van der Waals surface area (Å²) in [6.45, 7) is 2.35. The van der Waals surface area contributed by atoms with Gasteiger partial charge in [0.2, 0.25) is 0 Å². The van der Waals surface area contributed by atoms with Gasteiger partial charge in [-0.2, -0.15) is 0 Å². The minimum Gasteiger partial charge on any atom is -0.348 e. The predicted octanol–water partition coefficient (Wildman–Crippen LogP) is 4.79. The lowest BCUT2D eigenvalue weighted by molar-refractivity contribution is -0.187. The number of ether oxygens (including phenoxy) is 2. The van der Waals surface area contributed by atoms with E-state index in [4.69, 9.17) is 15.2 Å². The maximum absolute atomic E-state index is 5.98. The Hall–Kier alpha value is -2.16. The van der Waals surface area contributed by atoms with Crippen LogP contribution in [0.15, 0.2) is 54.6 Å². The van der Waals surface area contributed by atoms with Crippen LogP contribution in [0.5, 0.6) is 0 Å². The smallest absolute Gasteiger partial charge is 0.159 e. The molecule has 3 atom stereocenters. The number of thiophene rings is 1. The predicted molar refractivity (Wildman–Crippen MR) is 112 cm³/mol. The Bertz CT molecular complexity index is 970. The van der Waals surface area contributed by atoms with Crippen molar-refractivity contribution in [2.45, 2.75) is 38.2 Å². The summed E-state index contributed by atoms with van der Waals surface area (Å²) in [6.07, 6.45) is 1.57. The fourth-order valence-corrected chi connectivity index (χ4v) is 4.48. The van der Waals surface area contributed by atoms with E-state index in [0.29, 0.717) is 6.61 Å². The molecule has 1 saturated heterocycles. The monoisotopic (exact) mass is 377 g/mol. The summed E-state index contributed by atoms with van der Waals surface area (Å²) in [6, 6.07) is 18.9. The van der Waals surface area contributed by atoms with Crippen LogP contribution in [0.3, 0.4) is 0 Å². The van der Waals surface area contributed by atoms with E-state index in [2.05, 4.69) is 60.4 Å². The van der Waals surface area contributed by atoms with Crippen LogP contribution in [0.1, 0.15) is 25.3 Å². The van der Waals surface area contributed by atoms with Gasteiger partial charge in [0.05, 0.1) is 16.5 Å². The van der Waals surface area contributed by atoms with Gasteiger partial charge in [0.25, 0.3) is 0 Å². The maximum atomic E-state index is 5.98. The maximum Gasteiger partial charge on any atom is 0.159 e. The summed E-state index contributed by atoms with van der Waals surface area (Å²) >= 11 is 1.78. The molecule has 0 unspecified atom stereocenters. The normalized spacial score (nSPS) is 22.4. The van der Waals surface area contributed by atoms with Crippen LogP contribution in [-0.4, -0.2) is 25.0 Å². The first-order chi connectivity index (χ1) is 13.2. The van der Waals surface area contributed by atoms with E-state index < -0.39 is 0 Å². The van der Waals surface area contributed by atoms with Gasteiger partial charge in [-0.3, -0.25) is 0 Å². The van der Waals surface area contributed by atoms with Crippen molar-refractivity contribution in [3.8, 4) is 22.3 Å². The van der Waals surface area contributed by atoms with E-state index in [-0.39, 0.29) is 18.4 Å². The molecule has 2 N–H and O–H groups in total. The summed E-state index contributed by atoms with van der Waals surface area (Å²) in [5.41, 5.74) is 8.25. The summed E-state index contributed by atoms with van der Waals surface area (Å²) in [4.78, 5) is 1.21. The van der Waals surface area contributed by atoms with Gasteiger partial charge in [0.1, 0.15) is 6.61 Å². The van der Waals surface area contributed by atoms with Crippen LogP contribution >= 0.6 is 11.3 Å². The van der Waals surface area contributed by atoms with Gasteiger partial charge >= 0.3 is 0 Å². The van der Waals surface area contributed by atoms with Crippen molar-refractivity contribution in [3.05, 3.63) is 60.2 Å². The first-order valence-corrected chi connectivity index (χ1v) is 10.1. The summed E-state index contributed by atoms with van der Waals surface area (Å²) in [5, 5.41) is 1.20. The Morgan fingerprint density at radius 3 is 2.70 bits per heavy atom. The number of rotatable bonds is 3. The van der Waals surface area contributed by atoms with Crippen LogP contribution in [-0.2, 0) is 9.47 Å². The molecule has 0 bridgehead atoms. The van der Waals surface area contributed by atoms with Gasteiger partial charge in [0, 0.05) is 16.1 Å². The first kappa shape index (κ1) is 18.2. The van der Waals surface area contributed by atoms with E-state index >= 15 is 0 Å². The van der Waals surface area contributed by atoms with Crippen molar-refractivity contribution in [1.82, 2.24) is 0 Å². The number of fused-ring (bicyclic) bond motifs is 1. The van der Waals surface area contributed by atoms with Gasteiger partial charge < -0.3 is 15.2 Å². The van der Waals surface area contributed by atoms with E-state index in [1.54, 1.807) is 11.3 Å². The Balaban J connectivity index is 1.55. The average Bonchev–Trinajstić information content (AvgIpc) is 3.07. The third kappa shape index (κ3) is 4.07. The van der Waals surface area contributed by atoms with Crippen LogP contribution in [0, 0.1) is 11.8 Å². The topological polar surface area (TPSA) is 44.5 Å². The quantitative estimate of drug-likeness (QED) is 0.668. The Labute approximate surface area is 164 Å². The zero-order valence-electron chi connectivity index (χ0n) is 15.4. The Morgan fingerprint density at radius 2 is 1.89 bits per heavy atom. The third-order valence-electron chi connectivity index (χ3n) is 4.89. The van der Waals surface area contributed by atoms with Crippen LogP contribution in [0.2, 0.25) is 0 Å². The molecule has 4 heteroatoms. The van der Waals surface area contributed by atoms with Crippen molar-refractivity contribution in [3.63, 3.8) is 0 Å². The number of hydrogen-bond donors (Lipinski definition) is 1. The Morgan fingerprint density at radius 1 is 1.11 bits per heavy atom. The molecule has 1 fully saturated rings. The lowest BCUT2D eigenvalue weighted by Gasteiger charge is -2.31. The molecule has 1 aromatic heterocycles. The molecule has 3 nitrogen and oxygen atoms in total. The molecular weight excluding hydrogens is 354 g/mol. The lowest BCUT2D eigenvalue weighted by Crippen LogP contribution is -2.43. The average molecular weight is 378 g/mol. The second kappa shape index (κ2) is 8.24. The highest BCUT2D eigenvalue weighted by Gasteiger charge is 2.25. The van der Waals surface area contributed by atoms with Crippen molar-refractivity contribution in [2.75, 3.05) is 6.61 Å². The van der Waals surface area contributed by atoms with Crippen molar-refractivity contribution < 1.29 is 9.47 Å². The SMILES string of the molecule is C[C@@H]1O[C@@H](OCC#Cc2c(-c3ccccc3)sc3ccccc23)CC[C@H]1N. The van der Waals surface area contributed by atoms with Gasteiger partial charge in [-0.15, -0.1) is 11.3 Å². The van der Waals surface area contributed by atoms with Gasteiger partial charge in [0.15, 0.2) is 6.29 Å². The fraction of sp³-hybridized carbons (Fsp3) is 0.304. The zero-order chi connectivity index (χ0) is 18.6. The minimum atomic E-state index is -0.207. The molecule has 2 heterocycles. The summed E-state index contributed by atoms with van der Waals surface area (Å²) < 4.78 is 12.8. The second-order valence-corrected chi connectivity index (χ2v) is 7.85. The van der Waals surface area contributed by atoms with E-state index in [1.165, 1.54) is 20.5 Å². The highest BCUT2D eigenvalue weighted by Crippen LogP contribution is 2.37. The largest absolute Gasteiger partial charge is 0.348 e. The van der Waals surface area contributed by atoms with Crippen LogP contribution in [0.25, 0.3) is 20.5 Å². The first-order valence-electron chi connectivity index (χ1n) is 9.31. The number of hydrogen-bond acceptors (Lipinski definition) is 4. The van der Waals surface area contributed by atoms with E-state index in [9.17, 15) is 0 Å². The van der Waals surface area contributed by atoms with E-state index in [1.807, 2.05) is 13.0 Å². The summed E-state index contributed by atoms with van der Waals surface area (Å²) in [7, 11) is 0. The van der Waals surface area contributed by atoms with Crippen molar-refractivity contribution in [2.24, 2.45) is 5.73 Å². The zero-order valence-corrected chi connectivity index (χ0v) is 16.2. The van der Waals surface area contributed by atoms with Crippen LogP contribution < -0.4 is 5.73 Å². The highest BCUT2D eigenvalue weighted by molar-refractivity contribution is 7.22. The molecular formula is C23H23NO2S.